The van der Waals surface area contributed by atoms with Crippen LogP contribution in [-0.4, -0.2) is 41.6 Å². The minimum atomic E-state index is -5.04. The summed E-state index contributed by atoms with van der Waals surface area (Å²) < 4.78 is 36.3. The Morgan fingerprint density at radius 2 is 1.71 bits per heavy atom. The zero-order valence-corrected chi connectivity index (χ0v) is 8.88. The number of carbonyl (C=O) groups is 2. The number of nitrogens with two attached hydrogens (primary N) is 2. The van der Waals surface area contributed by atoms with Crippen LogP contribution in [0.2, 0.25) is 0 Å². The smallest absolute Gasteiger partial charge is 0.368 e. The van der Waals surface area contributed by atoms with Gasteiger partial charge in [-0.1, -0.05) is 0 Å². The lowest BCUT2D eigenvalue weighted by Gasteiger charge is -2.38. The van der Waals surface area contributed by atoms with Crippen molar-refractivity contribution in [3.05, 3.63) is 0 Å². The molecule has 0 aliphatic carbocycles. The van der Waals surface area contributed by atoms with Crippen molar-refractivity contribution in [3.8, 4) is 0 Å². The zero-order chi connectivity index (χ0) is 13.3. The molecule has 0 unspecified atom stereocenters. The Kier molecular flexibility index (Phi) is 3.62. The molecule has 2 amide bonds. The summed E-state index contributed by atoms with van der Waals surface area (Å²) in [5.41, 5.74) is 3.39. The van der Waals surface area contributed by atoms with Crippen LogP contribution < -0.4 is 16.9 Å². The van der Waals surface area contributed by atoms with Crippen molar-refractivity contribution in [2.45, 2.75) is 24.6 Å². The van der Waals surface area contributed by atoms with Crippen LogP contribution in [-0.2, 0) is 9.59 Å². The maximum Gasteiger partial charge on any atom is 0.471 e. The van der Waals surface area contributed by atoms with Crippen molar-refractivity contribution < 1.29 is 22.8 Å². The van der Waals surface area contributed by atoms with Gasteiger partial charge in [0.2, 0.25) is 5.91 Å². The molecule has 6 nitrogen and oxygen atoms in total. The summed E-state index contributed by atoms with van der Waals surface area (Å²) in [6.07, 6.45) is -5.12. The molecule has 0 radical (unpaired) electrons. The number of carbonyl (C=O) groups excluding carboxylic acids is 2. The van der Waals surface area contributed by atoms with Gasteiger partial charge in [-0.3, -0.25) is 15.4 Å². The summed E-state index contributed by atoms with van der Waals surface area (Å²) in [6, 6.07) is 0. The van der Waals surface area contributed by atoms with E-state index in [1.165, 1.54) is 5.01 Å². The topological polar surface area (TPSA) is 101 Å². The number of nitrogens with one attached hydrogen (secondary N) is 1. The quantitative estimate of drug-likeness (QED) is 0.542. The summed E-state index contributed by atoms with van der Waals surface area (Å²) >= 11 is 0. The molecule has 1 rings (SSSR count). The standard InChI is InChI=1S/C8H13F3N4O2/c9-8(10,11)6(17)14-7(5(12)16)1-3-15(13)4-2-7/h1-4,13H2,(H2,12,16)(H,14,17). The second-order valence-corrected chi connectivity index (χ2v) is 3.93. The fraction of sp³-hybridized carbons (Fsp3) is 0.750. The summed E-state index contributed by atoms with van der Waals surface area (Å²) in [7, 11) is 0. The second-order valence-electron chi connectivity index (χ2n) is 3.93. The van der Waals surface area contributed by atoms with Crippen LogP contribution in [0.1, 0.15) is 12.8 Å². The number of piperidine rings is 1. The average molecular weight is 254 g/mol. The maximum atomic E-state index is 12.1. The molecule has 0 saturated carbocycles. The first-order chi connectivity index (χ1) is 7.67. The molecule has 0 spiro atoms. The van der Waals surface area contributed by atoms with Crippen molar-refractivity contribution in [1.29, 1.82) is 0 Å². The first-order valence-corrected chi connectivity index (χ1v) is 4.86. The van der Waals surface area contributed by atoms with Gasteiger partial charge in [-0.15, -0.1) is 0 Å². The largest absolute Gasteiger partial charge is 0.471 e. The van der Waals surface area contributed by atoms with Gasteiger partial charge < -0.3 is 11.1 Å². The minimum absolute atomic E-state index is 0.0410. The van der Waals surface area contributed by atoms with E-state index in [0.717, 1.165) is 0 Å². The molecule has 1 heterocycles. The lowest BCUT2D eigenvalue weighted by molar-refractivity contribution is -0.177. The SMILES string of the molecule is NC(=O)C1(NC(=O)C(F)(F)F)CCN(N)CC1. The van der Waals surface area contributed by atoms with Gasteiger partial charge in [0.05, 0.1) is 0 Å². The summed E-state index contributed by atoms with van der Waals surface area (Å²) in [5.74, 6) is 2.27. The Balaban J connectivity index is 2.81. The van der Waals surface area contributed by atoms with E-state index in [1.54, 1.807) is 5.32 Å². The van der Waals surface area contributed by atoms with Crippen molar-refractivity contribution in [2.75, 3.05) is 13.1 Å². The molecule has 0 atom stereocenters. The van der Waals surface area contributed by atoms with Crippen LogP contribution in [0.5, 0.6) is 0 Å². The molecule has 98 valence electrons. The van der Waals surface area contributed by atoms with Gasteiger partial charge in [-0.05, 0) is 12.8 Å². The second kappa shape index (κ2) is 4.49. The van der Waals surface area contributed by atoms with Crippen LogP contribution in [0.3, 0.4) is 0 Å². The highest BCUT2D eigenvalue weighted by Gasteiger charge is 2.47. The molecular weight excluding hydrogens is 241 g/mol. The lowest BCUT2D eigenvalue weighted by atomic mass is 9.87. The number of rotatable bonds is 2. The Morgan fingerprint density at radius 3 is 2.06 bits per heavy atom. The molecule has 0 bridgehead atoms. The van der Waals surface area contributed by atoms with Gasteiger partial charge in [0.25, 0.3) is 0 Å². The first-order valence-electron chi connectivity index (χ1n) is 4.86. The van der Waals surface area contributed by atoms with E-state index in [-0.39, 0.29) is 25.9 Å². The van der Waals surface area contributed by atoms with Crippen molar-refractivity contribution in [1.82, 2.24) is 10.3 Å². The van der Waals surface area contributed by atoms with Crippen LogP contribution in [0.25, 0.3) is 0 Å². The van der Waals surface area contributed by atoms with E-state index in [4.69, 9.17) is 11.6 Å². The molecule has 1 aliphatic heterocycles. The minimum Gasteiger partial charge on any atom is -0.368 e. The number of hydrazine groups is 1. The lowest BCUT2D eigenvalue weighted by Crippen LogP contribution is -2.64. The highest BCUT2D eigenvalue weighted by Crippen LogP contribution is 2.23. The number of halogens is 3. The van der Waals surface area contributed by atoms with Crippen molar-refractivity contribution in [2.24, 2.45) is 11.6 Å². The number of nitrogens with zero attached hydrogens (tertiary/aromatic N) is 1. The number of amides is 2. The predicted octanol–water partition coefficient (Wildman–Crippen LogP) is -1.14. The van der Waals surface area contributed by atoms with Crippen LogP contribution in [0.15, 0.2) is 0 Å². The maximum absolute atomic E-state index is 12.1. The fourth-order valence-electron chi connectivity index (χ4n) is 1.63. The van der Waals surface area contributed by atoms with Crippen molar-refractivity contribution in [3.63, 3.8) is 0 Å². The van der Waals surface area contributed by atoms with Crippen LogP contribution in [0, 0.1) is 0 Å². The van der Waals surface area contributed by atoms with Crippen LogP contribution in [0.4, 0.5) is 13.2 Å². The van der Waals surface area contributed by atoms with Gasteiger partial charge in [-0.25, -0.2) is 5.01 Å². The van der Waals surface area contributed by atoms with Gasteiger partial charge in [0.15, 0.2) is 0 Å². The summed E-state index contributed by atoms with van der Waals surface area (Å²) in [6.45, 7) is 0.363. The van der Waals surface area contributed by atoms with Gasteiger partial charge in [0.1, 0.15) is 5.54 Å². The molecule has 17 heavy (non-hydrogen) atoms. The number of alkyl halides is 3. The third-order valence-electron chi connectivity index (χ3n) is 2.73. The molecule has 5 N–H and O–H groups in total. The molecule has 0 aromatic carbocycles. The van der Waals surface area contributed by atoms with E-state index in [2.05, 4.69) is 0 Å². The van der Waals surface area contributed by atoms with E-state index in [9.17, 15) is 22.8 Å². The van der Waals surface area contributed by atoms with E-state index in [0.29, 0.717) is 0 Å². The normalized spacial score (nSPS) is 20.9. The highest BCUT2D eigenvalue weighted by atomic mass is 19.4. The number of hydrogen-bond donors (Lipinski definition) is 3. The molecule has 0 aromatic heterocycles. The fourth-order valence-corrected chi connectivity index (χ4v) is 1.63. The summed E-state index contributed by atoms with van der Waals surface area (Å²) in [4.78, 5) is 22.1. The molecule has 1 aliphatic rings. The van der Waals surface area contributed by atoms with E-state index < -0.39 is 23.5 Å². The third kappa shape index (κ3) is 3.07. The Labute approximate surface area is 95.1 Å². The van der Waals surface area contributed by atoms with Gasteiger partial charge in [-0.2, -0.15) is 13.2 Å². The monoisotopic (exact) mass is 254 g/mol. The first kappa shape index (κ1) is 13.7. The van der Waals surface area contributed by atoms with Gasteiger partial charge >= 0.3 is 12.1 Å². The highest BCUT2D eigenvalue weighted by molar-refractivity contribution is 5.92. The van der Waals surface area contributed by atoms with E-state index in [1.807, 2.05) is 0 Å². The van der Waals surface area contributed by atoms with E-state index >= 15 is 0 Å². The Bertz CT molecular complexity index is 323. The predicted molar refractivity (Wildman–Crippen MR) is 51.1 cm³/mol. The third-order valence-corrected chi connectivity index (χ3v) is 2.73. The van der Waals surface area contributed by atoms with Crippen LogP contribution >= 0.6 is 0 Å². The Morgan fingerprint density at radius 1 is 1.24 bits per heavy atom. The molecule has 0 aromatic rings. The molecular formula is C8H13F3N4O2. The molecule has 1 fully saturated rings. The Hall–Kier alpha value is -1.35. The zero-order valence-electron chi connectivity index (χ0n) is 8.88. The van der Waals surface area contributed by atoms with Gasteiger partial charge in [0, 0.05) is 13.1 Å². The number of hydrogen-bond acceptors (Lipinski definition) is 4. The average Bonchev–Trinajstić information content (AvgIpc) is 2.20. The number of primary amides is 1. The molecule has 1 saturated heterocycles. The summed E-state index contributed by atoms with van der Waals surface area (Å²) in [5, 5.41) is 3.02. The molecule has 9 heteroatoms. The van der Waals surface area contributed by atoms with Crippen molar-refractivity contribution >= 4 is 11.8 Å².